The molecule has 0 radical (unpaired) electrons. The van der Waals surface area contributed by atoms with Crippen LogP contribution in [0.3, 0.4) is 0 Å². The lowest BCUT2D eigenvalue weighted by Gasteiger charge is -2.43. The highest BCUT2D eigenvalue weighted by molar-refractivity contribution is 5.90. The number of para-hydroxylation sites is 1. The van der Waals surface area contributed by atoms with E-state index in [-0.39, 0.29) is 26.0 Å². The number of rotatable bonds is 8. The van der Waals surface area contributed by atoms with E-state index in [1.54, 1.807) is 19.1 Å². The molecule has 2 aliphatic rings. The summed E-state index contributed by atoms with van der Waals surface area (Å²) in [4.78, 5) is 31.3. The number of hydrogen-bond donors (Lipinski definition) is 2. The second-order valence-corrected chi connectivity index (χ2v) is 9.98. The molecule has 0 bridgehead atoms. The molecule has 0 saturated carbocycles. The zero-order valence-electron chi connectivity index (χ0n) is 21.6. The Morgan fingerprint density at radius 1 is 0.923 bits per heavy atom. The van der Waals surface area contributed by atoms with Gasteiger partial charge in [0.15, 0.2) is 23.0 Å². The number of hydrogen-bond acceptors (Lipinski definition) is 6. The number of carbonyl (C=O) groups is 2. The van der Waals surface area contributed by atoms with Gasteiger partial charge in [-0.1, -0.05) is 30.3 Å². The predicted molar refractivity (Wildman–Crippen MR) is 142 cm³/mol. The van der Waals surface area contributed by atoms with E-state index in [1.807, 2.05) is 54.7 Å². The van der Waals surface area contributed by atoms with Crippen LogP contribution in [0.25, 0.3) is 10.9 Å². The molecule has 9 heteroatoms. The fourth-order valence-corrected chi connectivity index (χ4v) is 5.57. The Hall–Kier alpha value is -4.66. The van der Waals surface area contributed by atoms with Gasteiger partial charge in [0.2, 0.25) is 19.5 Å². The third kappa shape index (κ3) is 4.29. The summed E-state index contributed by atoms with van der Waals surface area (Å²) in [6.07, 6.45) is 2.19. The van der Waals surface area contributed by atoms with Crippen molar-refractivity contribution in [3.8, 4) is 23.0 Å². The predicted octanol–water partition coefficient (Wildman–Crippen LogP) is 4.84. The third-order valence-corrected chi connectivity index (χ3v) is 7.70. The number of carbonyl (C=O) groups excluding carboxylic acids is 1. The van der Waals surface area contributed by atoms with Crippen LogP contribution in [-0.4, -0.2) is 46.0 Å². The van der Waals surface area contributed by atoms with Crippen molar-refractivity contribution in [3.63, 3.8) is 0 Å². The molecule has 0 aliphatic carbocycles. The second kappa shape index (κ2) is 9.58. The molecule has 2 atom stereocenters. The lowest BCUT2D eigenvalue weighted by molar-refractivity contribution is -0.160. The van der Waals surface area contributed by atoms with E-state index in [0.717, 1.165) is 27.6 Å². The maximum absolute atomic E-state index is 13.3. The molecule has 4 aromatic rings. The minimum absolute atomic E-state index is 0.0781. The van der Waals surface area contributed by atoms with Crippen molar-refractivity contribution in [1.82, 2.24) is 9.88 Å². The number of amides is 1. The quantitative estimate of drug-likeness (QED) is 0.337. The van der Waals surface area contributed by atoms with Gasteiger partial charge in [-0.2, -0.15) is 0 Å². The van der Waals surface area contributed by atoms with Crippen LogP contribution in [0.5, 0.6) is 23.0 Å². The number of fused-ring (bicyclic) bond motifs is 3. The topological polar surface area (TPSA) is 110 Å². The average molecular weight is 529 g/mol. The number of aromatic amines is 1. The van der Waals surface area contributed by atoms with Gasteiger partial charge in [0.1, 0.15) is 5.54 Å². The number of carboxylic acid groups (broad SMARTS) is 1. The molecule has 6 rings (SSSR count). The number of H-pyrrole nitrogens is 1. The Balaban J connectivity index is 1.46. The van der Waals surface area contributed by atoms with E-state index in [2.05, 4.69) is 4.98 Å². The average Bonchev–Trinajstić information content (AvgIpc) is 3.68. The molecular weight excluding hydrogens is 500 g/mol. The Morgan fingerprint density at radius 3 is 2.21 bits per heavy atom. The molecule has 200 valence electrons. The van der Waals surface area contributed by atoms with E-state index in [4.69, 9.17) is 18.9 Å². The number of nitrogens with zero attached hydrogens (tertiary/aromatic N) is 1. The van der Waals surface area contributed by atoms with Crippen molar-refractivity contribution in [3.05, 3.63) is 83.6 Å². The van der Waals surface area contributed by atoms with Crippen molar-refractivity contribution in [2.45, 2.75) is 38.3 Å². The number of benzene rings is 3. The lowest BCUT2D eigenvalue weighted by Crippen LogP contribution is -2.58. The molecule has 39 heavy (non-hydrogen) atoms. The van der Waals surface area contributed by atoms with Gasteiger partial charge in [0, 0.05) is 36.5 Å². The van der Waals surface area contributed by atoms with Crippen molar-refractivity contribution in [2.24, 2.45) is 0 Å². The minimum Gasteiger partial charge on any atom is -0.479 e. The van der Waals surface area contributed by atoms with E-state index >= 15 is 0 Å². The maximum atomic E-state index is 13.3. The van der Waals surface area contributed by atoms with E-state index < -0.39 is 17.4 Å². The molecule has 9 nitrogen and oxygen atoms in total. The molecule has 3 heterocycles. The molecule has 0 spiro atoms. The van der Waals surface area contributed by atoms with Gasteiger partial charge < -0.3 is 33.9 Å². The van der Waals surface area contributed by atoms with Gasteiger partial charge in [-0.25, -0.2) is 4.79 Å². The summed E-state index contributed by atoms with van der Waals surface area (Å²) in [6, 6.07) is 18.8. The summed E-state index contributed by atoms with van der Waals surface area (Å²) >= 11 is 0. The lowest BCUT2D eigenvalue weighted by atomic mass is 9.75. The number of ether oxygens (including phenoxy) is 4. The van der Waals surface area contributed by atoms with Gasteiger partial charge in [-0.05, 0) is 60.4 Å². The zero-order chi connectivity index (χ0) is 27.1. The molecule has 1 amide bonds. The van der Waals surface area contributed by atoms with Crippen molar-refractivity contribution in [2.75, 3.05) is 13.6 Å². The first-order valence-corrected chi connectivity index (χ1v) is 12.7. The van der Waals surface area contributed by atoms with Gasteiger partial charge in [0.05, 0.1) is 0 Å². The first kappa shape index (κ1) is 24.7. The minimum atomic E-state index is -1.62. The summed E-state index contributed by atoms with van der Waals surface area (Å²) in [6.45, 7) is 3.38. The number of aliphatic carboxylic acids is 1. The van der Waals surface area contributed by atoms with Crippen molar-refractivity contribution >= 4 is 22.8 Å². The molecule has 3 aromatic carbocycles. The first-order chi connectivity index (χ1) is 18.8. The number of aromatic nitrogens is 1. The number of carboxylic acids is 1. The smallest absolute Gasteiger partial charge is 0.330 e. The Bertz CT molecular complexity index is 1580. The molecule has 1 unspecified atom stereocenters. The van der Waals surface area contributed by atoms with E-state index in [9.17, 15) is 14.7 Å². The van der Waals surface area contributed by atoms with Crippen LogP contribution >= 0.6 is 0 Å². The van der Waals surface area contributed by atoms with Crippen LogP contribution in [0, 0.1) is 0 Å². The summed E-state index contributed by atoms with van der Waals surface area (Å²) in [7, 11) is 0. The molecule has 2 aliphatic heterocycles. The Labute approximate surface area is 224 Å². The summed E-state index contributed by atoms with van der Waals surface area (Å²) in [5.41, 5.74) is 1.69. The van der Waals surface area contributed by atoms with Gasteiger partial charge in [-0.15, -0.1) is 0 Å². The monoisotopic (exact) mass is 528 g/mol. The van der Waals surface area contributed by atoms with Crippen LogP contribution in [0.4, 0.5) is 0 Å². The third-order valence-electron chi connectivity index (χ3n) is 7.70. The van der Waals surface area contributed by atoms with Crippen LogP contribution in [0.1, 0.15) is 36.5 Å². The normalized spacial score (nSPS) is 15.6. The fraction of sp³-hybridized carbons (Fsp3) is 0.267. The summed E-state index contributed by atoms with van der Waals surface area (Å²) in [5.74, 6) is 0.379. The highest BCUT2D eigenvalue weighted by Crippen LogP contribution is 2.43. The van der Waals surface area contributed by atoms with Gasteiger partial charge >= 0.3 is 5.97 Å². The van der Waals surface area contributed by atoms with Crippen LogP contribution in [0.2, 0.25) is 0 Å². The summed E-state index contributed by atoms with van der Waals surface area (Å²) in [5, 5.41) is 11.8. The fourth-order valence-electron chi connectivity index (χ4n) is 5.57. The molecule has 2 N–H and O–H groups in total. The molecule has 1 aromatic heterocycles. The highest BCUT2D eigenvalue weighted by atomic mass is 16.7. The Morgan fingerprint density at radius 2 is 1.54 bits per heavy atom. The zero-order valence-corrected chi connectivity index (χ0v) is 21.6. The van der Waals surface area contributed by atoms with E-state index in [0.29, 0.717) is 29.4 Å². The Kier molecular flexibility index (Phi) is 6.06. The van der Waals surface area contributed by atoms with Crippen molar-refractivity contribution in [1.29, 1.82) is 0 Å². The van der Waals surface area contributed by atoms with Gasteiger partial charge in [0.25, 0.3) is 0 Å². The standard InChI is InChI=1S/C30H28N2O7/c1-18(33)32(15-20-8-10-26-28(13-20)39-17-37-26)30(2,29(34)35)23(22-14-31-24-6-4-3-5-21(22)24)11-19-7-9-25-27(12-19)38-16-36-25/h3-10,12-14,23,31H,11,15-17H2,1-2H3,(H,34,35)/t23?,30-/m1/s1. The molecular formula is C30H28N2O7. The van der Waals surface area contributed by atoms with Crippen LogP contribution in [-0.2, 0) is 22.6 Å². The first-order valence-electron chi connectivity index (χ1n) is 12.7. The van der Waals surface area contributed by atoms with Crippen molar-refractivity contribution < 1.29 is 33.6 Å². The number of nitrogens with one attached hydrogen (secondary N) is 1. The summed E-state index contributed by atoms with van der Waals surface area (Å²) < 4.78 is 22.0. The second-order valence-electron chi connectivity index (χ2n) is 9.98. The van der Waals surface area contributed by atoms with Gasteiger partial charge in [-0.3, -0.25) is 4.79 Å². The molecule has 0 saturated heterocycles. The van der Waals surface area contributed by atoms with Crippen LogP contribution in [0.15, 0.2) is 66.9 Å². The van der Waals surface area contributed by atoms with Crippen LogP contribution < -0.4 is 18.9 Å². The highest BCUT2D eigenvalue weighted by Gasteiger charge is 2.49. The SMILES string of the molecule is CC(=O)N(Cc1ccc2c(c1)OCO2)[C@@](C)(C(=O)O)C(Cc1ccc2c(c1)OCO2)c1c[nH]c2ccccc12. The largest absolute Gasteiger partial charge is 0.479 e. The van der Waals surface area contributed by atoms with E-state index in [1.165, 1.54) is 11.8 Å². The maximum Gasteiger partial charge on any atom is 0.330 e. The molecule has 0 fully saturated rings.